The summed E-state index contributed by atoms with van der Waals surface area (Å²) in [5, 5.41) is 3.19. The lowest BCUT2D eigenvalue weighted by atomic mass is 10.0. The van der Waals surface area contributed by atoms with Crippen molar-refractivity contribution in [2.75, 3.05) is 13.2 Å². The highest BCUT2D eigenvalue weighted by Crippen LogP contribution is 2.34. The van der Waals surface area contributed by atoms with E-state index in [4.69, 9.17) is 16.3 Å². The van der Waals surface area contributed by atoms with Crippen LogP contribution in [0.4, 0.5) is 4.39 Å². The molecule has 1 aliphatic heterocycles. The van der Waals surface area contributed by atoms with Crippen LogP contribution in [-0.2, 0) is 4.79 Å². The van der Waals surface area contributed by atoms with Gasteiger partial charge in [0.2, 0.25) is 5.91 Å². The van der Waals surface area contributed by atoms with E-state index in [1.54, 1.807) is 0 Å². The summed E-state index contributed by atoms with van der Waals surface area (Å²) in [6.07, 6.45) is 0.448. The Bertz CT molecular complexity index is 491. The molecule has 1 amide bonds. The summed E-state index contributed by atoms with van der Waals surface area (Å²) in [4.78, 5) is 11.1. The number of benzene rings is 1. The van der Waals surface area contributed by atoms with E-state index in [0.717, 1.165) is 5.56 Å². The fourth-order valence-electron chi connectivity index (χ4n) is 2.10. The lowest BCUT2D eigenvalue weighted by Gasteiger charge is -2.15. The van der Waals surface area contributed by atoms with E-state index in [9.17, 15) is 9.18 Å². The molecule has 104 valence electrons. The van der Waals surface area contributed by atoms with Gasteiger partial charge in [0, 0.05) is 24.9 Å². The van der Waals surface area contributed by atoms with Gasteiger partial charge in [0.25, 0.3) is 0 Å². The summed E-state index contributed by atoms with van der Waals surface area (Å²) in [6.45, 7) is 4.86. The Kier molecular flexibility index (Phi) is 4.30. The van der Waals surface area contributed by atoms with Crippen LogP contribution < -0.4 is 10.1 Å². The van der Waals surface area contributed by atoms with Gasteiger partial charge in [0.1, 0.15) is 11.6 Å². The zero-order chi connectivity index (χ0) is 14.0. The second-order valence-electron chi connectivity index (χ2n) is 5.15. The second-order valence-corrected chi connectivity index (χ2v) is 5.53. The van der Waals surface area contributed by atoms with Gasteiger partial charge in [-0.05, 0) is 17.5 Å². The number of hydrogen-bond acceptors (Lipinski definition) is 2. The molecule has 0 saturated carbocycles. The van der Waals surface area contributed by atoms with Crippen LogP contribution in [-0.4, -0.2) is 19.1 Å². The second kappa shape index (κ2) is 5.78. The van der Waals surface area contributed by atoms with Crippen LogP contribution in [0.15, 0.2) is 12.1 Å². The van der Waals surface area contributed by atoms with Crippen LogP contribution in [0.2, 0.25) is 5.02 Å². The molecule has 0 aromatic heterocycles. The number of amides is 1. The lowest BCUT2D eigenvalue weighted by Crippen LogP contribution is -2.17. The normalized spacial score (nSPS) is 18.8. The van der Waals surface area contributed by atoms with Crippen LogP contribution in [0.3, 0.4) is 0 Å². The molecule has 1 aromatic carbocycles. The molecule has 3 nitrogen and oxygen atoms in total. The van der Waals surface area contributed by atoms with E-state index < -0.39 is 0 Å². The average Bonchev–Trinajstić information content (AvgIpc) is 2.75. The number of halogens is 2. The minimum atomic E-state index is -0.358. The molecular formula is C14H17ClFNO2. The third-order valence-electron chi connectivity index (χ3n) is 3.19. The number of rotatable bonds is 4. The van der Waals surface area contributed by atoms with E-state index in [1.807, 2.05) is 13.8 Å². The molecule has 1 heterocycles. The molecule has 19 heavy (non-hydrogen) atoms. The Balaban J connectivity index is 2.09. The zero-order valence-corrected chi connectivity index (χ0v) is 11.8. The zero-order valence-electron chi connectivity index (χ0n) is 11.0. The summed E-state index contributed by atoms with van der Waals surface area (Å²) in [5.41, 5.74) is 0.734. The maximum atomic E-state index is 13.5. The maximum absolute atomic E-state index is 13.5. The predicted molar refractivity (Wildman–Crippen MR) is 72.1 cm³/mol. The van der Waals surface area contributed by atoms with E-state index in [1.165, 1.54) is 12.1 Å². The number of hydrogen-bond donors (Lipinski definition) is 1. The molecule has 1 aromatic rings. The van der Waals surface area contributed by atoms with Crippen LogP contribution in [0, 0.1) is 11.7 Å². The fraction of sp³-hybridized carbons (Fsp3) is 0.500. The smallest absolute Gasteiger partial charge is 0.220 e. The first-order valence-corrected chi connectivity index (χ1v) is 6.73. The van der Waals surface area contributed by atoms with Crippen LogP contribution in [0.5, 0.6) is 5.75 Å². The summed E-state index contributed by atoms with van der Waals surface area (Å²) in [5.74, 6) is 0.268. The highest BCUT2D eigenvalue weighted by Gasteiger charge is 2.22. The Morgan fingerprint density at radius 1 is 1.53 bits per heavy atom. The summed E-state index contributed by atoms with van der Waals surface area (Å²) in [6, 6.07) is 2.72. The van der Waals surface area contributed by atoms with Crippen molar-refractivity contribution in [2.45, 2.75) is 26.2 Å². The summed E-state index contributed by atoms with van der Waals surface area (Å²) >= 11 is 6.22. The lowest BCUT2D eigenvalue weighted by molar-refractivity contribution is -0.119. The van der Waals surface area contributed by atoms with Crippen molar-refractivity contribution >= 4 is 17.5 Å². The van der Waals surface area contributed by atoms with Crippen molar-refractivity contribution in [3.8, 4) is 5.75 Å². The topological polar surface area (TPSA) is 38.3 Å². The number of carbonyl (C=O) groups is 1. The molecule has 1 N–H and O–H groups in total. The molecule has 0 aliphatic carbocycles. The first-order chi connectivity index (χ1) is 8.97. The largest absolute Gasteiger partial charge is 0.492 e. The van der Waals surface area contributed by atoms with Gasteiger partial charge < -0.3 is 10.1 Å². The van der Waals surface area contributed by atoms with Crippen molar-refractivity contribution in [3.05, 3.63) is 28.5 Å². The van der Waals surface area contributed by atoms with Crippen molar-refractivity contribution in [1.29, 1.82) is 0 Å². The fourth-order valence-corrected chi connectivity index (χ4v) is 2.48. The SMILES string of the molecule is CC(C)c1cc(F)cc(OCC2CNC(=O)C2)c1Cl. The van der Waals surface area contributed by atoms with E-state index >= 15 is 0 Å². The van der Waals surface area contributed by atoms with Crippen LogP contribution in [0.1, 0.15) is 31.7 Å². The number of ether oxygens (including phenoxy) is 1. The number of carbonyl (C=O) groups excluding carboxylic acids is 1. The van der Waals surface area contributed by atoms with Gasteiger partial charge in [-0.2, -0.15) is 0 Å². The molecule has 1 saturated heterocycles. The third kappa shape index (κ3) is 3.38. The molecule has 0 bridgehead atoms. The molecule has 1 unspecified atom stereocenters. The van der Waals surface area contributed by atoms with E-state index in [2.05, 4.69) is 5.32 Å². The Labute approximate surface area is 117 Å². The van der Waals surface area contributed by atoms with Gasteiger partial charge in [0.15, 0.2) is 0 Å². The van der Waals surface area contributed by atoms with Crippen molar-refractivity contribution in [2.24, 2.45) is 5.92 Å². The Morgan fingerprint density at radius 2 is 2.26 bits per heavy atom. The molecule has 0 radical (unpaired) electrons. The minimum Gasteiger partial charge on any atom is -0.492 e. The first-order valence-electron chi connectivity index (χ1n) is 6.35. The van der Waals surface area contributed by atoms with Gasteiger partial charge >= 0.3 is 0 Å². The molecule has 2 rings (SSSR count). The first kappa shape index (κ1) is 14.1. The van der Waals surface area contributed by atoms with Gasteiger partial charge in [-0.15, -0.1) is 0 Å². The monoisotopic (exact) mass is 285 g/mol. The van der Waals surface area contributed by atoms with Gasteiger partial charge in [0.05, 0.1) is 11.6 Å². The maximum Gasteiger partial charge on any atom is 0.220 e. The van der Waals surface area contributed by atoms with Crippen molar-refractivity contribution in [3.63, 3.8) is 0 Å². The molecule has 1 fully saturated rings. The van der Waals surface area contributed by atoms with Gasteiger partial charge in [-0.3, -0.25) is 4.79 Å². The van der Waals surface area contributed by atoms with Crippen LogP contribution >= 0.6 is 11.6 Å². The molecule has 1 atom stereocenters. The molecule has 1 aliphatic rings. The van der Waals surface area contributed by atoms with Gasteiger partial charge in [-0.25, -0.2) is 4.39 Å². The highest BCUT2D eigenvalue weighted by atomic mass is 35.5. The predicted octanol–water partition coefficient (Wildman–Crippen LogP) is 3.12. The van der Waals surface area contributed by atoms with Gasteiger partial charge in [-0.1, -0.05) is 25.4 Å². The number of nitrogens with one attached hydrogen (secondary N) is 1. The molecular weight excluding hydrogens is 269 g/mol. The molecule has 5 heteroatoms. The molecule has 0 spiro atoms. The Morgan fingerprint density at radius 3 is 2.84 bits per heavy atom. The standard InChI is InChI=1S/C14H17ClFNO2/c1-8(2)11-4-10(16)5-12(14(11)15)19-7-9-3-13(18)17-6-9/h4-5,8-9H,3,6-7H2,1-2H3,(H,17,18). The summed E-state index contributed by atoms with van der Waals surface area (Å²) < 4.78 is 19.1. The van der Waals surface area contributed by atoms with E-state index in [-0.39, 0.29) is 23.6 Å². The quantitative estimate of drug-likeness (QED) is 0.923. The van der Waals surface area contributed by atoms with Crippen molar-refractivity contribution in [1.82, 2.24) is 5.32 Å². The van der Waals surface area contributed by atoms with E-state index in [0.29, 0.717) is 30.3 Å². The minimum absolute atomic E-state index is 0.0295. The Hall–Kier alpha value is -1.29. The van der Waals surface area contributed by atoms with Crippen molar-refractivity contribution < 1.29 is 13.9 Å². The third-order valence-corrected chi connectivity index (χ3v) is 3.60. The summed E-state index contributed by atoms with van der Waals surface area (Å²) in [7, 11) is 0. The highest BCUT2D eigenvalue weighted by molar-refractivity contribution is 6.32. The average molecular weight is 286 g/mol. The van der Waals surface area contributed by atoms with Crippen LogP contribution in [0.25, 0.3) is 0 Å².